The van der Waals surface area contributed by atoms with Crippen LogP contribution in [0, 0.1) is 0 Å². The van der Waals surface area contributed by atoms with Gasteiger partial charge in [0.25, 0.3) is 0 Å². The van der Waals surface area contributed by atoms with Crippen LogP contribution < -0.4 is 16.0 Å². The molecule has 2 aliphatic heterocycles. The van der Waals surface area contributed by atoms with E-state index in [1.165, 1.54) is 70.6 Å². The molecular weight excluding hydrogens is 586 g/mol. The molecule has 0 bridgehead atoms. The fourth-order valence-electron chi connectivity index (χ4n) is 7.87. The van der Waals surface area contributed by atoms with Gasteiger partial charge in [-0.15, -0.1) is 0 Å². The van der Waals surface area contributed by atoms with Gasteiger partial charge in [-0.25, -0.2) is 4.98 Å². The Morgan fingerprint density at radius 2 is 1.60 bits per heavy atom. The Balaban J connectivity index is 1.08. The van der Waals surface area contributed by atoms with E-state index < -0.39 is 5.41 Å². The maximum absolute atomic E-state index is 13.6. The molecule has 5 rings (SSSR count). The van der Waals surface area contributed by atoms with E-state index in [0.29, 0.717) is 30.8 Å². The van der Waals surface area contributed by atoms with Crippen LogP contribution in [0.5, 0.6) is 0 Å². The van der Waals surface area contributed by atoms with Gasteiger partial charge in [0, 0.05) is 29.9 Å². The van der Waals surface area contributed by atoms with Gasteiger partial charge in [-0.3, -0.25) is 14.4 Å². The molecule has 1 aromatic carbocycles. The van der Waals surface area contributed by atoms with Crippen molar-refractivity contribution in [1.82, 2.24) is 15.2 Å². The zero-order valence-electron chi connectivity index (χ0n) is 28.7. The zero-order chi connectivity index (χ0) is 32.9. The molecule has 3 N–H and O–H groups in total. The lowest BCUT2D eigenvalue weighted by Crippen LogP contribution is -2.45. The summed E-state index contributed by atoms with van der Waals surface area (Å²) in [6, 6.07) is 9.89. The van der Waals surface area contributed by atoms with Gasteiger partial charge in [-0.1, -0.05) is 96.1 Å². The molecule has 2 atom stereocenters. The summed E-state index contributed by atoms with van der Waals surface area (Å²) in [7, 11) is 0. The number of benzene rings is 1. The number of amides is 3. The first-order valence-electron chi connectivity index (χ1n) is 18.7. The van der Waals surface area contributed by atoms with Crippen molar-refractivity contribution in [3.63, 3.8) is 0 Å². The molecule has 256 valence electrons. The number of hydrogen-bond donors (Lipinski definition) is 3. The molecule has 0 saturated carbocycles. The lowest BCUT2D eigenvalue weighted by atomic mass is 9.79. The van der Waals surface area contributed by atoms with Crippen LogP contribution in [0.1, 0.15) is 133 Å². The fourth-order valence-corrected chi connectivity index (χ4v) is 7.87. The van der Waals surface area contributed by atoms with E-state index >= 15 is 0 Å². The number of carbonyl (C=O) groups is 3. The average molecular weight is 644 g/mol. The van der Waals surface area contributed by atoms with Crippen molar-refractivity contribution < 1.29 is 14.4 Å². The molecular formula is C39H57N5O3. The minimum absolute atomic E-state index is 0.0106. The van der Waals surface area contributed by atoms with Crippen molar-refractivity contribution in [2.75, 3.05) is 30.3 Å². The average Bonchev–Trinajstić information content (AvgIpc) is 3.43. The second-order valence-electron chi connectivity index (χ2n) is 14.2. The molecule has 1 fully saturated rings. The van der Waals surface area contributed by atoms with Crippen molar-refractivity contribution >= 4 is 29.2 Å². The highest BCUT2D eigenvalue weighted by atomic mass is 16.2. The van der Waals surface area contributed by atoms with E-state index in [1.807, 2.05) is 35.2 Å². The Morgan fingerprint density at radius 3 is 2.34 bits per heavy atom. The maximum Gasteiger partial charge on any atom is 0.244 e. The largest absolute Gasteiger partial charge is 0.330 e. The molecule has 0 radical (unpaired) electrons. The third-order valence-electron chi connectivity index (χ3n) is 10.6. The van der Waals surface area contributed by atoms with E-state index in [0.717, 1.165) is 61.9 Å². The number of rotatable bonds is 18. The summed E-state index contributed by atoms with van der Waals surface area (Å²) in [5, 5.41) is 9.48. The lowest BCUT2D eigenvalue weighted by molar-refractivity contribution is -0.137. The monoisotopic (exact) mass is 643 g/mol. The van der Waals surface area contributed by atoms with Gasteiger partial charge in [0.05, 0.1) is 5.41 Å². The summed E-state index contributed by atoms with van der Waals surface area (Å²) in [4.78, 5) is 46.3. The topological polar surface area (TPSA) is 103 Å². The van der Waals surface area contributed by atoms with Crippen LogP contribution in [0.15, 0.2) is 36.5 Å². The minimum Gasteiger partial charge on any atom is -0.330 e. The highest BCUT2D eigenvalue weighted by molar-refractivity contribution is 6.06. The molecule has 8 heteroatoms. The second kappa shape index (κ2) is 17.8. The molecule has 3 amide bonds. The van der Waals surface area contributed by atoms with Gasteiger partial charge >= 0.3 is 0 Å². The van der Waals surface area contributed by atoms with E-state index in [4.69, 9.17) is 0 Å². The molecule has 2 aromatic rings. The Bertz CT molecular complexity index is 1340. The molecule has 2 unspecified atom stereocenters. The van der Waals surface area contributed by atoms with Crippen LogP contribution in [-0.2, 0) is 32.6 Å². The molecule has 1 aliphatic carbocycles. The molecule has 8 nitrogen and oxygen atoms in total. The van der Waals surface area contributed by atoms with Crippen molar-refractivity contribution in [1.29, 1.82) is 0 Å². The van der Waals surface area contributed by atoms with Crippen molar-refractivity contribution in [2.24, 2.45) is 0 Å². The number of unbranched alkanes of at least 4 members (excludes halogenated alkanes) is 12. The Kier molecular flexibility index (Phi) is 13.3. The number of anilines is 2. The van der Waals surface area contributed by atoms with Gasteiger partial charge in [-0.05, 0) is 80.9 Å². The van der Waals surface area contributed by atoms with Gasteiger partial charge in [-0.2, -0.15) is 0 Å². The number of aromatic nitrogens is 1. The van der Waals surface area contributed by atoms with Crippen LogP contribution in [-0.4, -0.2) is 53.3 Å². The number of fused-ring (bicyclic) bond motifs is 3. The third-order valence-corrected chi connectivity index (χ3v) is 10.6. The van der Waals surface area contributed by atoms with E-state index in [1.54, 1.807) is 6.20 Å². The van der Waals surface area contributed by atoms with Crippen LogP contribution >= 0.6 is 0 Å². The fraction of sp³-hybridized carbons (Fsp3) is 0.641. The standard InChI is InChI=1S/C39H57N5O3/c1-2-3-4-5-6-7-8-9-10-11-12-13-14-19-36(46)44(33-17-15-23-40-25-22-33)29-35(45)42-32-21-20-30-27-39(28-31(30)26-32)34-18-16-24-41-37(34)43-38(39)47/h16,18,20-21,24,26,33,40H,2-15,17,19,22-23,25,27-29H2,1H3,(H,42,45)(H,41,43,47). The lowest BCUT2D eigenvalue weighted by Gasteiger charge is -2.31. The maximum atomic E-state index is 13.6. The van der Waals surface area contributed by atoms with Gasteiger partial charge in [0.2, 0.25) is 17.7 Å². The summed E-state index contributed by atoms with van der Waals surface area (Å²) in [5.74, 6) is 0.576. The first-order valence-corrected chi connectivity index (χ1v) is 18.7. The highest BCUT2D eigenvalue weighted by Gasteiger charge is 2.51. The van der Waals surface area contributed by atoms with Gasteiger partial charge in [0.1, 0.15) is 12.4 Å². The SMILES string of the molecule is CCCCCCCCCCCCCCCC(=O)N(CC(=O)Nc1ccc2c(c1)CC1(C2)C(=O)Nc2ncccc21)C1CCCNCC1. The molecule has 3 aliphatic rings. The number of nitrogens with zero attached hydrogens (tertiary/aromatic N) is 2. The first kappa shape index (κ1) is 35.1. The van der Waals surface area contributed by atoms with Crippen molar-refractivity contribution in [2.45, 2.75) is 140 Å². The van der Waals surface area contributed by atoms with Crippen LogP contribution in [0.2, 0.25) is 0 Å². The van der Waals surface area contributed by atoms with E-state index in [9.17, 15) is 14.4 Å². The van der Waals surface area contributed by atoms with Crippen LogP contribution in [0.25, 0.3) is 0 Å². The molecule has 3 heterocycles. The predicted molar refractivity (Wildman–Crippen MR) is 190 cm³/mol. The minimum atomic E-state index is -0.640. The Hall–Kier alpha value is -3.26. The van der Waals surface area contributed by atoms with Gasteiger partial charge in [0.15, 0.2) is 0 Å². The number of pyridine rings is 1. The zero-order valence-corrected chi connectivity index (χ0v) is 28.7. The van der Waals surface area contributed by atoms with Crippen molar-refractivity contribution in [3.05, 3.63) is 53.2 Å². The van der Waals surface area contributed by atoms with E-state index in [-0.39, 0.29) is 30.3 Å². The number of nitrogens with one attached hydrogen (secondary N) is 3. The smallest absolute Gasteiger partial charge is 0.244 e. The summed E-state index contributed by atoms with van der Waals surface area (Å²) in [6.07, 6.45) is 22.8. The molecule has 1 saturated heterocycles. The predicted octanol–water partition coefficient (Wildman–Crippen LogP) is 7.46. The normalized spacial score (nSPS) is 20.0. The summed E-state index contributed by atoms with van der Waals surface area (Å²) in [6.45, 7) is 4.17. The second-order valence-corrected chi connectivity index (χ2v) is 14.2. The molecule has 1 aromatic heterocycles. The quantitative estimate of drug-likeness (QED) is 0.146. The van der Waals surface area contributed by atoms with Crippen LogP contribution in [0.3, 0.4) is 0 Å². The Labute approximate surface area is 282 Å². The summed E-state index contributed by atoms with van der Waals surface area (Å²) in [5.41, 5.74) is 3.21. The third kappa shape index (κ3) is 9.43. The number of hydrogen-bond acceptors (Lipinski definition) is 5. The molecule has 1 spiro atoms. The van der Waals surface area contributed by atoms with Crippen LogP contribution in [0.4, 0.5) is 11.5 Å². The number of carbonyl (C=O) groups excluding carboxylic acids is 3. The first-order chi connectivity index (χ1) is 23.0. The van der Waals surface area contributed by atoms with Gasteiger partial charge < -0.3 is 20.9 Å². The van der Waals surface area contributed by atoms with E-state index in [2.05, 4.69) is 27.9 Å². The Morgan fingerprint density at radius 1 is 0.894 bits per heavy atom. The molecule has 47 heavy (non-hydrogen) atoms. The van der Waals surface area contributed by atoms with Crippen molar-refractivity contribution in [3.8, 4) is 0 Å². The highest BCUT2D eigenvalue weighted by Crippen LogP contribution is 2.47. The summed E-state index contributed by atoms with van der Waals surface area (Å²) >= 11 is 0. The summed E-state index contributed by atoms with van der Waals surface area (Å²) < 4.78 is 0.